The van der Waals surface area contributed by atoms with Gasteiger partial charge in [-0.1, -0.05) is 0 Å². The van der Waals surface area contributed by atoms with E-state index in [9.17, 15) is 0 Å². The Balaban J connectivity index is 2.06. The highest BCUT2D eigenvalue weighted by molar-refractivity contribution is 5.80. The number of H-pyrrole nitrogens is 1. The fraction of sp³-hybridized carbons (Fsp3) is 0.500. The van der Waals surface area contributed by atoms with Crippen LogP contribution in [0.25, 0.3) is 0 Å². The van der Waals surface area contributed by atoms with Crippen LogP contribution in [0.1, 0.15) is 18.5 Å². The number of nitrogens with zero attached hydrogens (tertiary/aromatic N) is 3. The van der Waals surface area contributed by atoms with E-state index >= 15 is 0 Å². The minimum absolute atomic E-state index is 0.518. The van der Waals surface area contributed by atoms with Gasteiger partial charge in [-0.25, -0.2) is 0 Å². The molecule has 0 bridgehead atoms. The molecule has 0 saturated heterocycles. The van der Waals surface area contributed by atoms with Crippen LogP contribution in [0.5, 0.6) is 0 Å². The molecule has 1 rings (SSSR count). The maximum Gasteiger partial charge on any atom is 0.204 e. The second-order valence-corrected chi connectivity index (χ2v) is 3.27. The molecule has 0 atom stereocenters. The molecule has 0 aliphatic heterocycles. The first-order chi connectivity index (χ1) is 7.86. The SMILES string of the molecule is CN=C(NC#N)NCCCCc1ccn[nH]1. The largest absolute Gasteiger partial charge is 0.356 e. The number of aromatic amines is 1. The summed E-state index contributed by atoms with van der Waals surface area (Å²) in [6.45, 7) is 0.801. The molecule has 6 heteroatoms. The lowest BCUT2D eigenvalue weighted by Gasteiger charge is -2.06. The van der Waals surface area contributed by atoms with E-state index in [0.717, 1.165) is 31.5 Å². The molecule has 0 aliphatic carbocycles. The molecule has 1 aromatic rings. The van der Waals surface area contributed by atoms with Crippen LogP contribution in [0.4, 0.5) is 0 Å². The molecule has 0 unspecified atom stereocenters. The second kappa shape index (κ2) is 7.29. The van der Waals surface area contributed by atoms with Crippen LogP contribution in [0, 0.1) is 11.5 Å². The number of hydrogen-bond acceptors (Lipinski definition) is 3. The van der Waals surface area contributed by atoms with Gasteiger partial charge < -0.3 is 5.32 Å². The van der Waals surface area contributed by atoms with Gasteiger partial charge in [-0.2, -0.15) is 10.4 Å². The molecule has 0 radical (unpaired) electrons. The molecule has 0 aromatic carbocycles. The van der Waals surface area contributed by atoms with Crippen LogP contribution in [0.3, 0.4) is 0 Å². The zero-order chi connectivity index (χ0) is 11.6. The highest BCUT2D eigenvalue weighted by Gasteiger charge is 1.96. The topological polar surface area (TPSA) is 88.9 Å². The van der Waals surface area contributed by atoms with Crippen LogP contribution in [0.15, 0.2) is 17.3 Å². The summed E-state index contributed by atoms with van der Waals surface area (Å²) in [5, 5.41) is 20.7. The van der Waals surface area contributed by atoms with Gasteiger partial charge in [0.2, 0.25) is 5.96 Å². The van der Waals surface area contributed by atoms with Gasteiger partial charge in [0.05, 0.1) is 0 Å². The van der Waals surface area contributed by atoms with E-state index in [0.29, 0.717) is 5.96 Å². The molecule has 1 aromatic heterocycles. The number of rotatable bonds is 5. The monoisotopic (exact) mass is 220 g/mol. The van der Waals surface area contributed by atoms with Gasteiger partial charge in [0.25, 0.3) is 0 Å². The molecule has 0 saturated carbocycles. The van der Waals surface area contributed by atoms with E-state index in [4.69, 9.17) is 5.26 Å². The summed E-state index contributed by atoms with van der Waals surface area (Å²) in [5.74, 6) is 0.518. The van der Waals surface area contributed by atoms with Crippen molar-refractivity contribution < 1.29 is 0 Å². The van der Waals surface area contributed by atoms with Gasteiger partial charge in [-0.05, 0) is 25.3 Å². The zero-order valence-electron chi connectivity index (χ0n) is 9.32. The normalized spacial score (nSPS) is 10.9. The third-order valence-corrected chi connectivity index (χ3v) is 2.12. The zero-order valence-corrected chi connectivity index (χ0v) is 9.32. The van der Waals surface area contributed by atoms with E-state index in [1.54, 1.807) is 13.2 Å². The van der Waals surface area contributed by atoms with Gasteiger partial charge >= 0.3 is 0 Å². The predicted octanol–water partition coefficient (Wildman–Crippen LogP) is 0.378. The van der Waals surface area contributed by atoms with E-state index in [1.165, 1.54) is 0 Å². The highest BCUT2D eigenvalue weighted by Crippen LogP contribution is 1.99. The molecule has 16 heavy (non-hydrogen) atoms. The molecular formula is C10H16N6. The third kappa shape index (κ3) is 4.46. The minimum atomic E-state index is 0.518. The quantitative estimate of drug-likeness (QED) is 0.220. The van der Waals surface area contributed by atoms with E-state index < -0.39 is 0 Å². The van der Waals surface area contributed by atoms with Crippen LogP contribution in [-0.2, 0) is 6.42 Å². The Labute approximate surface area is 94.8 Å². The number of unbranched alkanes of at least 4 members (excludes halogenated alkanes) is 1. The van der Waals surface area contributed by atoms with Crippen LogP contribution >= 0.6 is 0 Å². The van der Waals surface area contributed by atoms with Gasteiger partial charge in [0, 0.05) is 25.5 Å². The third-order valence-electron chi connectivity index (χ3n) is 2.12. The van der Waals surface area contributed by atoms with Gasteiger partial charge in [-0.3, -0.25) is 15.4 Å². The van der Waals surface area contributed by atoms with Crippen molar-refractivity contribution in [1.82, 2.24) is 20.8 Å². The first kappa shape index (κ1) is 12.0. The average molecular weight is 220 g/mol. The fourth-order valence-corrected chi connectivity index (χ4v) is 1.30. The Kier molecular flexibility index (Phi) is 5.48. The molecule has 0 aliphatic rings. The number of nitriles is 1. The lowest BCUT2D eigenvalue weighted by atomic mass is 10.2. The molecule has 0 fully saturated rings. The first-order valence-electron chi connectivity index (χ1n) is 5.21. The first-order valence-corrected chi connectivity index (χ1v) is 5.21. The number of nitrogens with one attached hydrogen (secondary N) is 3. The Morgan fingerprint density at radius 2 is 2.50 bits per heavy atom. The molecule has 0 spiro atoms. The molecule has 86 valence electrons. The Bertz CT molecular complexity index is 348. The van der Waals surface area contributed by atoms with Crippen molar-refractivity contribution in [2.45, 2.75) is 19.3 Å². The van der Waals surface area contributed by atoms with E-state index in [2.05, 4.69) is 25.8 Å². The summed E-state index contributed by atoms with van der Waals surface area (Å²) < 4.78 is 0. The van der Waals surface area contributed by atoms with Crippen LogP contribution in [0.2, 0.25) is 0 Å². The van der Waals surface area contributed by atoms with Crippen molar-refractivity contribution in [3.05, 3.63) is 18.0 Å². The van der Waals surface area contributed by atoms with Crippen molar-refractivity contribution in [2.75, 3.05) is 13.6 Å². The number of guanidine groups is 1. The van der Waals surface area contributed by atoms with Crippen molar-refractivity contribution >= 4 is 5.96 Å². The lowest BCUT2D eigenvalue weighted by molar-refractivity contribution is 0.693. The summed E-state index contributed by atoms with van der Waals surface area (Å²) in [5.41, 5.74) is 1.15. The lowest BCUT2D eigenvalue weighted by Crippen LogP contribution is -2.34. The highest BCUT2D eigenvalue weighted by atomic mass is 15.2. The second-order valence-electron chi connectivity index (χ2n) is 3.27. The van der Waals surface area contributed by atoms with Crippen molar-refractivity contribution in [2.24, 2.45) is 4.99 Å². The van der Waals surface area contributed by atoms with E-state index in [1.807, 2.05) is 12.3 Å². The summed E-state index contributed by atoms with van der Waals surface area (Å²) in [6, 6.07) is 1.98. The summed E-state index contributed by atoms with van der Waals surface area (Å²) in [4.78, 5) is 3.88. The minimum Gasteiger partial charge on any atom is -0.356 e. The molecule has 1 heterocycles. The number of aromatic nitrogens is 2. The van der Waals surface area contributed by atoms with Gasteiger partial charge in [-0.15, -0.1) is 0 Å². The van der Waals surface area contributed by atoms with E-state index in [-0.39, 0.29) is 0 Å². The van der Waals surface area contributed by atoms with Crippen LogP contribution in [-0.4, -0.2) is 29.7 Å². The molecule has 6 nitrogen and oxygen atoms in total. The van der Waals surface area contributed by atoms with Crippen molar-refractivity contribution in [1.29, 1.82) is 5.26 Å². The molecule has 0 amide bonds. The Hall–Kier alpha value is -2.03. The standard InChI is InChI=1S/C10H16N6/c1-12-10(14-8-11)13-6-3-2-4-9-5-7-15-16-9/h5,7H,2-4,6H2,1H3,(H,15,16)(H2,12,13,14). The summed E-state index contributed by atoms with van der Waals surface area (Å²) >= 11 is 0. The number of hydrogen-bond donors (Lipinski definition) is 3. The van der Waals surface area contributed by atoms with Gasteiger partial charge in [0.15, 0.2) is 6.19 Å². The van der Waals surface area contributed by atoms with Crippen molar-refractivity contribution in [3.8, 4) is 6.19 Å². The fourth-order valence-electron chi connectivity index (χ4n) is 1.30. The maximum absolute atomic E-state index is 8.40. The Morgan fingerprint density at radius 1 is 1.62 bits per heavy atom. The average Bonchev–Trinajstić information content (AvgIpc) is 2.80. The Morgan fingerprint density at radius 3 is 3.12 bits per heavy atom. The summed E-state index contributed by atoms with van der Waals surface area (Å²) in [7, 11) is 1.64. The molecular weight excluding hydrogens is 204 g/mol. The number of aliphatic imine (C=N–C) groups is 1. The van der Waals surface area contributed by atoms with Crippen molar-refractivity contribution in [3.63, 3.8) is 0 Å². The molecule has 3 N–H and O–H groups in total. The van der Waals surface area contributed by atoms with Crippen LogP contribution < -0.4 is 10.6 Å². The number of aryl methyl sites for hydroxylation is 1. The summed E-state index contributed by atoms with van der Waals surface area (Å²) in [6.07, 6.45) is 6.66. The maximum atomic E-state index is 8.40. The van der Waals surface area contributed by atoms with Gasteiger partial charge in [0.1, 0.15) is 0 Å². The predicted molar refractivity (Wildman–Crippen MR) is 61.6 cm³/mol. The smallest absolute Gasteiger partial charge is 0.204 e.